The van der Waals surface area contributed by atoms with Gasteiger partial charge in [0.15, 0.2) is 11.5 Å². The van der Waals surface area contributed by atoms with Gasteiger partial charge in [0.25, 0.3) is 0 Å². The normalized spacial score (nSPS) is 11.3. The number of hydrogen-bond donors (Lipinski definition) is 2. The summed E-state index contributed by atoms with van der Waals surface area (Å²) in [5, 5.41) is 15.6. The Morgan fingerprint density at radius 2 is 2.14 bits per heavy atom. The molecule has 0 saturated carbocycles. The van der Waals surface area contributed by atoms with Crippen LogP contribution in [0.1, 0.15) is 18.0 Å². The molecule has 1 atom stereocenters. The third kappa shape index (κ3) is 4.87. The van der Waals surface area contributed by atoms with Crippen LogP contribution in [0.3, 0.4) is 0 Å². The Balaban J connectivity index is 2.80. The lowest BCUT2D eigenvalue weighted by atomic mass is 10.1. The fraction of sp³-hybridized carbons (Fsp3) is 0.462. The Bertz CT molecular complexity index is 529. The summed E-state index contributed by atoms with van der Waals surface area (Å²) in [5.74, 6) is 0.0110. The fourth-order valence-corrected chi connectivity index (χ4v) is 1.82. The van der Waals surface area contributed by atoms with Crippen LogP contribution in [-0.2, 0) is 4.79 Å². The average Bonchev–Trinajstić information content (AvgIpc) is 2.49. The minimum Gasteiger partial charge on any atom is -0.493 e. The maximum absolute atomic E-state index is 11.4. The minimum absolute atomic E-state index is 0.321. The van der Waals surface area contributed by atoms with Crippen molar-refractivity contribution in [3.63, 3.8) is 0 Å². The number of benzene rings is 1. The van der Waals surface area contributed by atoms with Gasteiger partial charge in [0.1, 0.15) is 6.04 Å². The third-order valence-electron chi connectivity index (χ3n) is 2.83. The van der Waals surface area contributed by atoms with E-state index in [1.807, 2.05) is 0 Å². The van der Waals surface area contributed by atoms with E-state index in [0.717, 1.165) is 0 Å². The van der Waals surface area contributed by atoms with Crippen LogP contribution in [0.15, 0.2) is 23.3 Å². The number of rotatable bonds is 9. The van der Waals surface area contributed by atoms with Crippen LogP contribution in [0.2, 0.25) is 0 Å². The number of hydrogen-bond acceptors (Lipinski definition) is 5. The van der Waals surface area contributed by atoms with Gasteiger partial charge < -0.3 is 19.9 Å². The number of aliphatic carboxylic acids is 1. The van der Waals surface area contributed by atoms with Gasteiger partial charge >= 0.3 is 5.97 Å². The summed E-state index contributed by atoms with van der Waals surface area (Å²) in [5.41, 5.74) is 8.73. The Hall–Kier alpha value is -2.44. The molecule has 2 N–H and O–H groups in total. The van der Waals surface area contributed by atoms with E-state index in [1.165, 1.54) is 14.2 Å². The van der Waals surface area contributed by atoms with E-state index < -0.39 is 12.0 Å². The van der Waals surface area contributed by atoms with Crippen LogP contribution in [-0.4, -0.2) is 38.4 Å². The van der Waals surface area contributed by atoms with E-state index >= 15 is 0 Å². The van der Waals surface area contributed by atoms with E-state index in [2.05, 4.69) is 15.3 Å². The predicted octanol–water partition coefficient (Wildman–Crippen LogP) is 2.12. The molecule has 0 fully saturated rings. The number of carbonyl (C=O) groups is 1. The molecule has 21 heavy (non-hydrogen) atoms. The molecule has 1 aromatic rings. The Labute approximate surface area is 122 Å². The summed E-state index contributed by atoms with van der Waals surface area (Å²) < 4.78 is 10.3. The lowest BCUT2D eigenvalue weighted by molar-refractivity contribution is -0.139. The van der Waals surface area contributed by atoms with Gasteiger partial charge in [0.2, 0.25) is 0 Å². The maximum Gasteiger partial charge on any atom is 0.325 e. The number of methoxy groups -OCH3 is 2. The molecule has 8 nitrogen and oxygen atoms in total. The summed E-state index contributed by atoms with van der Waals surface area (Å²) in [6.07, 6.45) is 0.557. The highest BCUT2D eigenvalue weighted by Crippen LogP contribution is 2.30. The topological polar surface area (TPSA) is 117 Å². The van der Waals surface area contributed by atoms with Crippen LogP contribution in [0.4, 0.5) is 0 Å². The van der Waals surface area contributed by atoms with Crippen molar-refractivity contribution in [2.45, 2.75) is 12.5 Å². The number of carboxylic acids is 1. The molecule has 0 aliphatic rings. The van der Waals surface area contributed by atoms with Crippen LogP contribution in [0.25, 0.3) is 10.4 Å². The molecule has 0 radical (unpaired) electrons. The van der Waals surface area contributed by atoms with Crippen molar-refractivity contribution >= 4 is 5.97 Å². The number of nitrogens with zero attached hydrogens (tertiary/aromatic N) is 3. The van der Waals surface area contributed by atoms with Crippen molar-refractivity contribution < 1.29 is 19.4 Å². The summed E-state index contributed by atoms with van der Waals surface area (Å²) in [4.78, 5) is 14.0. The number of nitrogens with one attached hydrogen (secondary N) is 1. The minimum atomic E-state index is -0.994. The third-order valence-corrected chi connectivity index (χ3v) is 2.83. The summed E-state index contributed by atoms with van der Waals surface area (Å²) >= 11 is 0. The standard InChI is InChI=1S/C13H18N4O4/c1-20-10-5-4-9(8-11(10)21-2)12(13(18)19)15-6-3-7-16-17-14/h4-5,8,12,15H,3,6-7H2,1-2H3,(H,18,19). The average molecular weight is 294 g/mol. The molecule has 8 heteroatoms. The second kappa shape index (κ2) is 8.68. The molecular formula is C13H18N4O4. The molecule has 0 aliphatic heterocycles. The van der Waals surface area contributed by atoms with Crippen molar-refractivity contribution in [2.24, 2.45) is 5.11 Å². The van der Waals surface area contributed by atoms with Gasteiger partial charge in [-0.15, -0.1) is 0 Å². The molecule has 0 spiro atoms. The Morgan fingerprint density at radius 1 is 1.43 bits per heavy atom. The molecule has 0 aromatic heterocycles. The molecule has 1 rings (SSSR count). The maximum atomic E-state index is 11.4. The zero-order valence-electron chi connectivity index (χ0n) is 11.9. The monoisotopic (exact) mass is 294 g/mol. The van der Waals surface area contributed by atoms with Gasteiger partial charge in [-0.2, -0.15) is 0 Å². The van der Waals surface area contributed by atoms with Gasteiger partial charge in [-0.1, -0.05) is 11.2 Å². The van der Waals surface area contributed by atoms with Gasteiger partial charge in [-0.25, -0.2) is 0 Å². The van der Waals surface area contributed by atoms with E-state index in [1.54, 1.807) is 18.2 Å². The van der Waals surface area contributed by atoms with Crippen molar-refractivity contribution in [3.8, 4) is 11.5 Å². The predicted molar refractivity (Wildman–Crippen MR) is 76.6 cm³/mol. The highest BCUT2D eigenvalue weighted by molar-refractivity contribution is 5.76. The van der Waals surface area contributed by atoms with Crippen LogP contribution in [0, 0.1) is 0 Å². The number of carboxylic acid groups (broad SMARTS) is 1. The molecule has 0 aliphatic carbocycles. The van der Waals surface area contributed by atoms with E-state index in [0.29, 0.717) is 36.6 Å². The number of ether oxygens (including phenoxy) is 2. The Kier molecular flexibility index (Phi) is 6.86. The lowest BCUT2D eigenvalue weighted by Gasteiger charge is -2.16. The largest absolute Gasteiger partial charge is 0.493 e. The second-order valence-electron chi connectivity index (χ2n) is 4.15. The molecule has 114 valence electrons. The summed E-state index contributed by atoms with van der Waals surface area (Å²) in [6, 6.07) is 4.08. The highest BCUT2D eigenvalue weighted by Gasteiger charge is 2.20. The van der Waals surface area contributed by atoms with Crippen molar-refractivity contribution in [2.75, 3.05) is 27.3 Å². The van der Waals surface area contributed by atoms with Crippen LogP contribution in [0.5, 0.6) is 11.5 Å². The van der Waals surface area contributed by atoms with Crippen molar-refractivity contribution in [1.29, 1.82) is 0 Å². The van der Waals surface area contributed by atoms with Gasteiger partial charge in [-0.05, 0) is 36.2 Å². The van der Waals surface area contributed by atoms with E-state index in [-0.39, 0.29) is 0 Å². The molecule has 0 heterocycles. The SMILES string of the molecule is COc1ccc(C(NCCCN=[N+]=[N-])C(=O)O)cc1OC. The van der Waals surface area contributed by atoms with E-state index in [4.69, 9.17) is 15.0 Å². The van der Waals surface area contributed by atoms with Gasteiger partial charge in [0, 0.05) is 11.5 Å². The second-order valence-corrected chi connectivity index (χ2v) is 4.15. The molecule has 0 amide bonds. The molecule has 1 unspecified atom stereocenters. The van der Waals surface area contributed by atoms with Gasteiger partial charge in [0.05, 0.1) is 14.2 Å². The first kappa shape index (κ1) is 16.6. The molecular weight excluding hydrogens is 276 g/mol. The van der Waals surface area contributed by atoms with Gasteiger partial charge in [-0.3, -0.25) is 4.79 Å². The fourth-order valence-electron chi connectivity index (χ4n) is 1.82. The quantitative estimate of drug-likeness (QED) is 0.313. The van der Waals surface area contributed by atoms with Crippen molar-refractivity contribution in [1.82, 2.24) is 5.32 Å². The first-order valence-electron chi connectivity index (χ1n) is 6.33. The molecule has 0 saturated heterocycles. The summed E-state index contributed by atoms with van der Waals surface area (Å²) in [7, 11) is 3.00. The highest BCUT2D eigenvalue weighted by atomic mass is 16.5. The first-order valence-corrected chi connectivity index (χ1v) is 6.33. The summed E-state index contributed by atoms with van der Waals surface area (Å²) in [6.45, 7) is 0.742. The van der Waals surface area contributed by atoms with Crippen molar-refractivity contribution in [3.05, 3.63) is 34.2 Å². The first-order chi connectivity index (χ1) is 10.1. The molecule has 1 aromatic carbocycles. The zero-order chi connectivity index (χ0) is 15.7. The molecule has 0 bridgehead atoms. The Morgan fingerprint density at radius 3 is 2.71 bits per heavy atom. The smallest absolute Gasteiger partial charge is 0.325 e. The van der Waals surface area contributed by atoms with Crippen LogP contribution >= 0.6 is 0 Å². The lowest BCUT2D eigenvalue weighted by Crippen LogP contribution is -2.29. The van der Waals surface area contributed by atoms with Crippen LogP contribution < -0.4 is 14.8 Å². The zero-order valence-corrected chi connectivity index (χ0v) is 11.9. The van der Waals surface area contributed by atoms with E-state index in [9.17, 15) is 9.90 Å². The number of azide groups is 1.